The van der Waals surface area contributed by atoms with Crippen LogP contribution in [0.1, 0.15) is 19.3 Å². The summed E-state index contributed by atoms with van der Waals surface area (Å²) in [4.78, 5) is 69.1. The van der Waals surface area contributed by atoms with Gasteiger partial charge in [-0.15, -0.1) is 0 Å². The van der Waals surface area contributed by atoms with E-state index in [0.717, 1.165) is 0 Å². The van der Waals surface area contributed by atoms with E-state index in [-0.39, 0.29) is 5.75 Å². The SMILES string of the molecule is NC(=O)CC(N)C(=O)NC(CO)C(=O)NC(CCC(=O)O)C(=O)NC(CS)C(=O)O. The standard InChI is InChI=1S/C15H25N5O9S/c16-6(3-10(17)22)12(25)19-8(4-21)14(27)18-7(1-2-11(23)24)13(26)20-9(5-30)15(28)29/h6-9,21,30H,1-5,16H2,(H2,17,22)(H,18,27)(H,19,25)(H,20,26)(H,23,24)(H,28,29). The molecule has 0 aliphatic heterocycles. The molecule has 170 valence electrons. The molecule has 4 amide bonds. The number of carbonyl (C=O) groups excluding carboxylic acids is 4. The van der Waals surface area contributed by atoms with Crippen molar-refractivity contribution >= 4 is 48.2 Å². The molecule has 0 fully saturated rings. The molecular weight excluding hydrogens is 426 g/mol. The Labute approximate surface area is 176 Å². The summed E-state index contributed by atoms with van der Waals surface area (Å²) < 4.78 is 0. The lowest BCUT2D eigenvalue weighted by Gasteiger charge is -2.23. The fourth-order valence-electron chi connectivity index (χ4n) is 2.05. The van der Waals surface area contributed by atoms with Crippen molar-refractivity contribution < 1.29 is 44.1 Å². The van der Waals surface area contributed by atoms with Crippen molar-refractivity contribution in [2.45, 2.75) is 43.4 Å². The minimum Gasteiger partial charge on any atom is -0.481 e. The average Bonchev–Trinajstić information content (AvgIpc) is 2.65. The molecule has 15 heteroatoms. The number of carboxylic acids is 2. The highest BCUT2D eigenvalue weighted by atomic mass is 32.1. The first-order valence-electron chi connectivity index (χ1n) is 8.54. The van der Waals surface area contributed by atoms with Crippen LogP contribution in [-0.4, -0.2) is 87.4 Å². The van der Waals surface area contributed by atoms with Gasteiger partial charge < -0.3 is 42.7 Å². The molecule has 0 heterocycles. The molecule has 0 spiro atoms. The van der Waals surface area contributed by atoms with Crippen LogP contribution in [0.25, 0.3) is 0 Å². The number of nitrogens with two attached hydrogens (primary N) is 2. The molecule has 0 bridgehead atoms. The molecule has 0 aliphatic carbocycles. The monoisotopic (exact) mass is 451 g/mol. The van der Waals surface area contributed by atoms with Gasteiger partial charge in [0.1, 0.15) is 18.1 Å². The number of primary amides is 1. The summed E-state index contributed by atoms with van der Waals surface area (Å²) in [5, 5.41) is 33.4. The maximum atomic E-state index is 12.3. The lowest BCUT2D eigenvalue weighted by molar-refractivity contribution is -0.142. The van der Waals surface area contributed by atoms with Crippen LogP contribution in [0.2, 0.25) is 0 Å². The van der Waals surface area contributed by atoms with Crippen molar-refractivity contribution in [2.75, 3.05) is 12.4 Å². The Hall–Kier alpha value is -2.91. The first kappa shape index (κ1) is 27.1. The molecule has 4 atom stereocenters. The molecule has 30 heavy (non-hydrogen) atoms. The smallest absolute Gasteiger partial charge is 0.327 e. The lowest BCUT2D eigenvalue weighted by Crippen LogP contribution is -2.58. The fraction of sp³-hybridized carbons (Fsp3) is 0.600. The number of carboxylic acid groups (broad SMARTS) is 2. The van der Waals surface area contributed by atoms with E-state index < -0.39 is 85.6 Å². The van der Waals surface area contributed by atoms with Crippen LogP contribution >= 0.6 is 12.6 Å². The third-order valence-electron chi connectivity index (χ3n) is 3.65. The van der Waals surface area contributed by atoms with E-state index in [1.807, 2.05) is 0 Å². The second-order valence-electron chi connectivity index (χ2n) is 6.10. The topological polar surface area (TPSA) is 251 Å². The van der Waals surface area contributed by atoms with Gasteiger partial charge in [-0.05, 0) is 6.42 Å². The van der Waals surface area contributed by atoms with Crippen molar-refractivity contribution in [1.82, 2.24) is 16.0 Å². The van der Waals surface area contributed by atoms with Crippen LogP contribution in [0, 0.1) is 0 Å². The van der Waals surface area contributed by atoms with E-state index in [4.69, 9.17) is 21.7 Å². The summed E-state index contributed by atoms with van der Waals surface area (Å²) in [5.74, 6) is -6.87. The van der Waals surface area contributed by atoms with E-state index in [0.29, 0.717) is 0 Å². The Balaban J connectivity index is 5.23. The van der Waals surface area contributed by atoms with Crippen molar-refractivity contribution in [2.24, 2.45) is 11.5 Å². The van der Waals surface area contributed by atoms with E-state index >= 15 is 0 Å². The number of aliphatic hydroxyl groups is 1. The second kappa shape index (κ2) is 13.3. The van der Waals surface area contributed by atoms with Gasteiger partial charge in [0.05, 0.1) is 19.1 Å². The van der Waals surface area contributed by atoms with E-state index in [2.05, 4.69) is 28.6 Å². The molecule has 0 aliphatic rings. The van der Waals surface area contributed by atoms with Crippen molar-refractivity contribution in [1.29, 1.82) is 0 Å². The molecule has 0 saturated heterocycles. The summed E-state index contributed by atoms with van der Waals surface area (Å²) in [6.45, 7) is -0.914. The second-order valence-corrected chi connectivity index (χ2v) is 6.46. The normalized spacial score (nSPS) is 14.5. The Morgan fingerprint density at radius 1 is 0.867 bits per heavy atom. The van der Waals surface area contributed by atoms with Gasteiger partial charge in [-0.25, -0.2) is 4.79 Å². The van der Waals surface area contributed by atoms with Gasteiger partial charge in [-0.3, -0.25) is 24.0 Å². The number of aliphatic hydroxyl groups excluding tert-OH is 1. The van der Waals surface area contributed by atoms with Gasteiger partial charge in [-0.1, -0.05) is 0 Å². The molecule has 0 saturated carbocycles. The summed E-state index contributed by atoms with van der Waals surface area (Å²) in [6.07, 6.45) is -1.47. The predicted octanol–water partition coefficient (Wildman–Crippen LogP) is -4.48. The quantitative estimate of drug-likeness (QED) is 0.114. The van der Waals surface area contributed by atoms with Crippen LogP contribution < -0.4 is 27.4 Å². The van der Waals surface area contributed by atoms with E-state index in [1.165, 1.54) is 0 Å². The molecule has 0 aromatic carbocycles. The maximum absolute atomic E-state index is 12.3. The van der Waals surface area contributed by atoms with Gasteiger partial charge in [-0.2, -0.15) is 12.6 Å². The Morgan fingerprint density at radius 3 is 1.80 bits per heavy atom. The van der Waals surface area contributed by atoms with E-state index in [9.17, 15) is 33.9 Å². The zero-order valence-electron chi connectivity index (χ0n) is 15.7. The number of aliphatic carboxylic acids is 2. The highest BCUT2D eigenvalue weighted by Gasteiger charge is 2.30. The summed E-state index contributed by atoms with van der Waals surface area (Å²) in [6, 6.07) is -5.86. The number of rotatable bonds is 14. The number of amides is 4. The van der Waals surface area contributed by atoms with Crippen LogP contribution in [0.15, 0.2) is 0 Å². The summed E-state index contributed by atoms with van der Waals surface area (Å²) >= 11 is 3.78. The Kier molecular flexibility index (Phi) is 12.0. The molecule has 0 aromatic rings. The molecule has 0 rings (SSSR count). The van der Waals surface area contributed by atoms with Gasteiger partial charge in [0.15, 0.2) is 0 Å². The third-order valence-corrected chi connectivity index (χ3v) is 4.02. The Bertz CT molecular complexity index is 675. The minimum absolute atomic E-state index is 0.270. The largest absolute Gasteiger partial charge is 0.481 e. The van der Waals surface area contributed by atoms with E-state index in [1.54, 1.807) is 0 Å². The Morgan fingerprint density at radius 2 is 1.37 bits per heavy atom. The van der Waals surface area contributed by atoms with Crippen molar-refractivity contribution in [3.05, 3.63) is 0 Å². The van der Waals surface area contributed by atoms with Crippen molar-refractivity contribution in [3.63, 3.8) is 0 Å². The molecule has 0 aromatic heterocycles. The zero-order chi connectivity index (χ0) is 23.4. The number of hydrogen-bond acceptors (Lipinski definition) is 9. The minimum atomic E-state index is -1.59. The van der Waals surface area contributed by atoms with Crippen molar-refractivity contribution in [3.8, 4) is 0 Å². The third kappa shape index (κ3) is 10.0. The highest BCUT2D eigenvalue weighted by molar-refractivity contribution is 7.80. The molecule has 0 radical (unpaired) electrons. The van der Waals surface area contributed by atoms with Gasteiger partial charge in [0, 0.05) is 12.2 Å². The number of carbonyl (C=O) groups is 6. The number of hydrogen-bond donors (Lipinski definition) is 9. The molecule has 14 nitrogen and oxygen atoms in total. The first-order valence-corrected chi connectivity index (χ1v) is 9.17. The predicted molar refractivity (Wildman–Crippen MR) is 103 cm³/mol. The van der Waals surface area contributed by atoms with Crippen LogP contribution in [0.5, 0.6) is 0 Å². The number of nitrogens with one attached hydrogen (secondary N) is 3. The van der Waals surface area contributed by atoms with Gasteiger partial charge in [0.2, 0.25) is 23.6 Å². The molecule has 4 unspecified atom stereocenters. The maximum Gasteiger partial charge on any atom is 0.327 e. The first-order chi connectivity index (χ1) is 13.9. The average molecular weight is 451 g/mol. The molecular formula is C15H25N5O9S. The zero-order valence-corrected chi connectivity index (χ0v) is 16.6. The van der Waals surface area contributed by atoms with Crippen LogP contribution in [-0.2, 0) is 28.8 Å². The fourth-order valence-corrected chi connectivity index (χ4v) is 2.30. The van der Waals surface area contributed by atoms with Gasteiger partial charge >= 0.3 is 11.9 Å². The summed E-state index contributed by atoms with van der Waals surface area (Å²) in [7, 11) is 0. The van der Waals surface area contributed by atoms with Crippen LogP contribution in [0.4, 0.5) is 0 Å². The van der Waals surface area contributed by atoms with Gasteiger partial charge in [0.25, 0.3) is 0 Å². The number of thiol groups is 1. The van der Waals surface area contributed by atoms with Crippen LogP contribution in [0.3, 0.4) is 0 Å². The lowest BCUT2D eigenvalue weighted by atomic mass is 10.1. The highest BCUT2D eigenvalue weighted by Crippen LogP contribution is 2.02. The summed E-state index contributed by atoms with van der Waals surface area (Å²) in [5.41, 5.74) is 10.3. The molecule has 10 N–H and O–H groups in total.